The molecular weight excluding hydrogens is 392 g/mol. The molecule has 1 saturated heterocycles. The standard InChI is InChI=1S/C17H30N2O8S/c1-6-11(5)12(15(20)18-9-8-10(3)4)19-16(21)13-14(17(22)25-7-2)27-28(23,24)26-13/h10-14H,6-9H2,1-5H3,(H,18,20)(H,19,21)/t11?,12-,13-,14-/m0/s1. The zero-order valence-corrected chi connectivity index (χ0v) is 17.7. The molecule has 0 aromatic rings. The van der Waals surface area contributed by atoms with Crippen LogP contribution in [-0.4, -0.2) is 57.6 Å². The minimum atomic E-state index is -4.52. The topological polar surface area (TPSA) is 137 Å². The summed E-state index contributed by atoms with van der Waals surface area (Å²) in [5.74, 6) is -2.20. The minimum absolute atomic E-state index is 0.0270. The second-order valence-electron chi connectivity index (χ2n) is 7.04. The van der Waals surface area contributed by atoms with E-state index in [0.29, 0.717) is 18.9 Å². The predicted octanol–water partition coefficient (Wildman–Crippen LogP) is 0.272. The lowest BCUT2D eigenvalue weighted by molar-refractivity contribution is -0.155. The second-order valence-corrected chi connectivity index (χ2v) is 8.24. The third-order valence-corrected chi connectivity index (χ3v) is 5.20. The molecule has 1 aliphatic heterocycles. The monoisotopic (exact) mass is 422 g/mol. The maximum absolute atomic E-state index is 12.6. The van der Waals surface area contributed by atoms with E-state index in [-0.39, 0.29) is 12.5 Å². The van der Waals surface area contributed by atoms with Crippen LogP contribution in [0.2, 0.25) is 0 Å². The van der Waals surface area contributed by atoms with Crippen LogP contribution in [0.25, 0.3) is 0 Å². The number of hydrogen-bond donors (Lipinski definition) is 2. The van der Waals surface area contributed by atoms with Gasteiger partial charge in [-0.25, -0.2) is 13.2 Å². The van der Waals surface area contributed by atoms with Crippen LogP contribution in [0.15, 0.2) is 0 Å². The van der Waals surface area contributed by atoms with Crippen LogP contribution in [0, 0.1) is 11.8 Å². The van der Waals surface area contributed by atoms with Gasteiger partial charge in [-0.1, -0.05) is 34.1 Å². The molecule has 0 aromatic carbocycles. The summed E-state index contributed by atoms with van der Waals surface area (Å²) in [7, 11) is -4.52. The van der Waals surface area contributed by atoms with Crippen LogP contribution >= 0.6 is 0 Å². The molecule has 0 saturated carbocycles. The van der Waals surface area contributed by atoms with Gasteiger partial charge >= 0.3 is 16.4 Å². The van der Waals surface area contributed by atoms with Crippen molar-refractivity contribution in [3.63, 3.8) is 0 Å². The van der Waals surface area contributed by atoms with E-state index >= 15 is 0 Å². The zero-order chi connectivity index (χ0) is 21.5. The van der Waals surface area contributed by atoms with Crippen molar-refractivity contribution in [2.45, 2.75) is 65.7 Å². The Morgan fingerprint density at radius 2 is 1.68 bits per heavy atom. The number of hydrogen-bond acceptors (Lipinski definition) is 8. The number of carbonyl (C=O) groups is 3. The molecule has 1 aliphatic rings. The largest absolute Gasteiger partial charge is 0.464 e. The van der Waals surface area contributed by atoms with E-state index in [4.69, 9.17) is 4.74 Å². The van der Waals surface area contributed by atoms with Crippen molar-refractivity contribution in [2.75, 3.05) is 13.2 Å². The quantitative estimate of drug-likeness (QED) is 0.479. The first kappa shape index (κ1) is 24.3. The van der Waals surface area contributed by atoms with E-state index < -0.39 is 46.4 Å². The van der Waals surface area contributed by atoms with Gasteiger partial charge in [-0.15, -0.1) is 0 Å². The first-order valence-corrected chi connectivity index (χ1v) is 10.7. The molecule has 1 rings (SSSR count). The van der Waals surface area contributed by atoms with Gasteiger partial charge in [0.25, 0.3) is 5.91 Å². The molecule has 1 unspecified atom stereocenters. The normalized spacial score (nSPS) is 23.1. The van der Waals surface area contributed by atoms with Gasteiger partial charge < -0.3 is 15.4 Å². The van der Waals surface area contributed by atoms with Gasteiger partial charge in [0.05, 0.1) is 6.61 Å². The number of ether oxygens (including phenoxy) is 1. The number of carbonyl (C=O) groups excluding carboxylic acids is 3. The van der Waals surface area contributed by atoms with Crippen LogP contribution in [0.3, 0.4) is 0 Å². The highest BCUT2D eigenvalue weighted by Gasteiger charge is 2.50. The lowest BCUT2D eigenvalue weighted by Gasteiger charge is -2.25. The van der Waals surface area contributed by atoms with Crippen molar-refractivity contribution < 1.29 is 35.9 Å². The molecule has 0 aliphatic carbocycles. The highest BCUT2D eigenvalue weighted by molar-refractivity contribution is 7.82. The molecule has 0 radical (unpaired) electrons. The Bertz CT molecular complexity index is 664. The number of rotatable bonds is 10. The molecular formula is C17H30N2O8S. The van der Waals surface area contributed by atoms with E-state index in [1.54, 1.807) is 6.92 Å². The molecule has 0 spiro atoms. The van der Waals surface area contributed by atoms with Gasteiger partial charge in [0.15, 0.2) is 6.10 Å². The van der Waals surface area contributed by atoms with E-state index in [0.717, 1.165) is 6.42 Å². The second kappa shape index (κ2) is 10.7. The number of nitrogens with one attached hydrogen (secondary N) is 2. The van der Waals surface area contributed by atoms with E-state index in [9.17, 15) is 22.8 Å². The Hall–Kier alpha value is -1.72. The maximum Gasteiger partial charge on any atom is 0.401 e. The number of esters is 1. The predicted molar refractivity (Wildman–Crippen MR) is 99.1 cm³/mol. The first-order chi connectivity index (χ1) is 13.0. The van der Waals surface area contributed by atoms with Gasteiger partial charge in [-0.2, -0.15) is 8.42 Å². The van der Waals surface area contributed by atoms with Crippen LogP contribution in [-0.2, 0) is 37.9 Å². The summed E-state index contributed by atoms with van der Waals surface area (Å²) in [6.45, 7) is 9.62. The van der Waals surface area contributed by atoms with Crippen molar-refractivity contribution in [3.05, 3.63) is 0 Å². The lowest BCUT2D eigenvalue weighted by Crippen LogP contribution is -2.55. The van der Waals surface area contributed by atoms with Crippen molar-refractivity contribution in [3.8, 4) is 0 Å². The number of amides is 2. The Balaban J connectivity index is 2.90. The van der Waals surface area contributed by atoms with Crippen molar-refractivity contribution in [2.24, 2.45) is 11.8 Å². The Morgan fingerprint density at radius 1 is 1.07 bits per heavy atom. The minimum Gasteiger partial charge on any atom is -0.464 e. The van der Waals surface area contributed by atoms with Gasteiger partial charge in [0, 0.05) is 6.54 Å². The molecule has 1 fully saturated rings. The van der Waals surface area contributed by atoms with Crippen molar-refractivity contribution in [1.82, 2.24) is 10.6 Å². The highest BCUT2D eigenvalue weighted by Crippen LogP contribution is 2.23. The molecule has 162 valence electrons. The average molecular weight is 423 g/mol. The summed E-state index contributed by atoms with van der Waals surface area (Å²) in [4.78, 5) is 37.0. The highest BCUT2D eigenvalue weighted by atomic mass is 32.3. The summed E-state index contributed by atoms with van der Waals surface area (Å²) in [6.07, 6.45) is -2.16. The molecule has 2 N–H and O–H groups in total. The van der Waals surface area contributed by atoms with Gasteiger partial charge in [-0.05, 0) is 25.2 Å². The summed E-state index contributed by atoms with van der Waals surface area (Å²) in [5, 5.41) is 5.24. The Labute approximate surface area is 166 Å². The van der Waals surface area contributed by atoms with Gasteiger partial charge in [0.1, 0.15) is 6.04 Å². The van der Waals surface area contributed by atoms with Gasteiger partial charge in [0.2, 0.25) is 12.0 Å². The maximum atomic E-state index is 12.6. The van der Waals surface area contributed by atoms with Crippen LogP contribution < -0.4 is 10.6 Å². The van der Waals surface area contributed by atoms with Crippen molar-refractivity contribution >= 4 is 28.2 Å². The fourth-order valence-corrected chi connectivity index (χ4v) is 3.40. The van der Waals surface area contributed by atoms with Crippen LogP contribution in [0.1, 0.15) is 47.5 Å². The fraction of sp³-hybridized carbons (Fsp3) is 0.824. The molecule has 28 heavy (non-hydrogen) atoms. The first-order valence-electron chi connectivity index (χ1n) is 9.38. The molecule has 10 nitrogen and oxygen atoms in total. The van der Waals surface area contributed by atoms with Crippen molar-refractivity contribution in [1.29, 1.82) is 0 Å². The molecule has 4 atom stereocenters. The molecule has 1 heterocycles. The van der Waals surface area contributed by atoms with Gasteiger partial charge in [-0.3, -0.25) is 9.59 Å². The molecule has 0 aromatic heterocycles. The fourth-order valence-electron chi connectivity index (χ4n) is 2.48. The third kappa shape index (κ3) is 7.02. The summed E-state index contributed by atoms with van der Waals surface area (Å²) >= 11 is 0. The smallest absolute Gasteiger partial charge is 0.401 e. The van der Waals surface area contributed by atoms with E-state index in [1.165, 1.54) is 6.92 Å². The van der Waals surface area contributed by atoms with Crippen LogP contribution in [0.4, 0.5) is 0 Å². The lowest BCUT2D eigenvalue weighted by atomic mass is 9.97. The Kier molecular flexibility index (Phi) is 9.31. The SMILES string of the molecule is CCOC(=O)[C@H]1OS(=O)(=O)O[C@@H]1C(=O)N[C@H](C(=O)NCCC(C)C)C(C)CC. The molecule has 11 heteroatoms. The third-order valence-electron chi connectivity index (χ3n) is 4.31. The molecule has 0 bridgehead atoms. The van der Waals surface area contributed by atoms with E-state index in [2.05, 4.69) is 19.0 Å². The van der Waals surface area contributed by atoms with E-state index in [1.807, 2.05) is 20.8 Å². The zero-order valence-electron chi connectivity index (χ0n) is 16.9. The summed E-state index contributed by atoms with van der Waals surface area (Å²) in [6, 6.07) is -0.917. The molecule has 2 amide bonds. The Morgan fingerprint density at radius 3 is 2.21 bits per heavy atom. The summed E-state index contributed by atoms with van der Waals surface area (Å²) in [5.41, 5.74) is 0. The summed E-state index contributed by atoms with van der Waals surface area (Å²) < 4.78 is 37.0. The average Bonchev–Trinajstić information content (AvgIpc) is 2.94. The van der Waals surface area contributed by atoms with Crippen LogP contribution in [0.5, 0.6) is 0 Å².